The molecule has 282 valence electrons. The third kappa shape index (κ3) is 5.59. The summed E-state index contributed by atoms with van der Waals surface area (Å²) < 4.78 is 15.2. The quantitative estimate of drug-likeness (QED) is 0.162. The van der Waals surface area contributed by atoms with E-state index >= 15 is 0 Å². The summed E-state index contributed by atoms with van der Waals surface area (Å²) in [7, 11) is 0. The third-order valence-electron chi connectivity index (χ3n) is 11.6. The topological polar surface area (TPSA) is 47.3 Å². The molecule has 3 heterocycles. The number of furan rings is 1. The zero-order valence-corrected chi connectivity index (χ0v) is 32.4. The minimum Gasteiger partial charge on any atom is -0.456 e. The molecule has 0 N–H and O–H groups in total. The van der Waals surface area contributed by atoms with Crippen molar-refractivity contribution in [3.05, 3.63) is 212 Å². The Balaban J connectivity index is 0.964. The number of fused-ring (bicyclic) bond motifs is 8. The molecule has 0 radical (unpaired) electrons. The van der Waals surface area contributed by atoms with Crippen LogP contribution in [0, 0.1) is 0 Å². The van der Waals surface area contributed by atoms with E-state index in [1.54, 1.807) is 0 Å². The van der Waals surface area contributed by atoms with E-state index in [1.165, 1.54) is 27.4 Å². The maximum Gasteiger partial charge on any atom is 0.227 e. The highest BCUT2D eigenvalue weighted by Crippen LogP contribution is 2.42. The number of hydrogen-bond donors (Lipinski definition) is 0. The number of aromatic nitrogens is 2. The van der Waals surface area contributed by atoms with E-state index < -0.39 is 0 Å². The molecule has 0 atom stereocenters. The van der Waals surface area contributed by atoms with Crippen LogP contribution in [0.3, 0.4) is 0 Å². The van der Waals surface area contributed by atoms with Crippen molar-refractivity contribution in [3.8, 4) is 39.4 Å². The second-order valence-electron chi connectivity index (χ2n) is 15.2. The van der Waals surface area contributed by atoms with Gasteiger partial charge in [-0.2, -0.15) is 0 Å². The summed E-state index contributed by atoms with van der Waals surface area (Å²) >= 11 is 0. The molecule has 5 nitrogen and oxygen atoms in total. The monoisotopic (exact) mass is 769 g/mol. The van der Waals surface area contributed by atoms with Crippen LogP contribution in [0.2, 0.25) is 0 Å². The van der Waals surface area contributed by atoms with Crippen LogP contribution < -0.4 is 4.90 Å². The maximum atomic E-state index is 6.46. The maximum absolute atomic E-state index is 6.46. The van der Waals surface area contributed by atoms with E-state index in [2.05, 4.69) is 179 Å². The van der Waals surface area contributed by atoms with Crippen LogP contribution in [0.25, 0.3) is 94.2 Å². The molecule has 0 saturated carbocycles. The summed E-state index contributed by atoms with van der Waals surface area (Å²) in [6.45, 7) is 0. The molecule has 3 aromatic heterocycles. The highest BCUT2D eigenvalue weighted by atomic mass is 16.4. The SMILES string of the molecule is c1ccc(-c2cccc(N(c3ccc(-c4ccc5c(c4)oc4ccc6nc(-c7ccccc7)oc6c45)cc3)c3ccc4c(c3)c3ccccc3n4-c3ccccc3)c2)cc1. The van der Waals surface area contributed by atoms with Gasteiger partial charge in [-0.15, -0.1) is 0 Å². The summed E-state index contributed by atoms with van der Waals surface area (Å²) in [6, 6.07) is 74.7. The van der Waals surface area contributed by atoms with Crippen LogP contribution in [-0.2, 0) is 0 Å². The predicted molar refractivity (Wildman–Crippen MR) is 247 cm³/mol. The Hall–Kier alpha value is -8.15. The molecular formula is C55H35N3O2. The van der Waals surface area contributed by atoms with Gasteiger partial charge in [-0.05, 0) is 119 Å². The highest BCUT2D eigenvalue weighted by molar-refractivity contribution is 6.17. The zero-order chi connectivity index (χ0) is 39.6. The number of para-hydroxylation sites is 2. The van der Waals surface area contributed by atoms with Crippen LogP contribution in [0.15, 0.2) is 221 Å². The van der Waals surface area contributed by atoms with Crippen LogP contribution in [0.4, 0.5) is 17.1 Å². The van der Waals surface area contributed by atoms with Gasteiger partial charge in [0, 0.05) is 44.5 Å². The van der Waals surface area contributed by atoms with Crippen molar-refractivity contribution in [2.45, 2.75) is 0 Å². The fourth-order valence-electron chi connectivity index (χ4n) is 8.79. The van der Waals surface area contributed by atoms with Crippen molar-refractivity contribution in [2.75, 3.05) is 4.90 Å². The Labute approximate surface area is 345 Å². The fraction of sp³-hybridized carbons (Fsp3) is 0. The summed E-state index contributed by atoms with van der Waals surface area (Å²) in [4.78, 5) is 7.16. The second-order valence-corrected chi connectivity index (χ2v) is 15.2. The normalized spacial score (nSPS) is 11.7. The minimum absolute atomic E-state index is 0.601. The molecule has 12 aromatic rings. The molecule has 0 aliphatic carbocycles. The zero-order valence-electron chi connectivity index (χ0n) is 32.4. The van der Waals surface area contributed by atoms with E-state index in [1.807, 2.05) is 42.5 Å². The van der Waals surface area contributed by atoms with Gasteiger partial charge in [0.1, 0.15) is 16.7 Å². The van der Waals surface area contributed by atoms with Crippen molar-refractivity contribution < 1.29 is 8.83 Å². The average Bonchev–Trinajstić information content (AvgIpc) is 4.02. The summed E-state index contributed by atoms with van der Waals surface area (Å²) in [6.07, 6.45) is 0. The lowest BCUT2D eigenvalue weighted by Crippen LogP contribution is -2.10. The Morgan fingerprint density at radius 2 is 1.02 bits per heavy atom. The molecule has 12 rings (SSSR count). The molecule has 60 heavy (non-hydrogen) atoms. The van der Waals surface area contributed by atoms with Gasteiger partial charge in [0.15, 0.2) is 5.58 Å². The van der Waals surface area contributed by atoms with Gasteiger partial charge in [-0.1, -0.05) is 115 Å². The van der Waals surface area contributed by atoms with Gasteiger partial charge in [0.2, 0.25) is 5.89 Å². The number of benzene rings is 9. The first kappa shape index (κ1) is 33.9. The van der Waals surface area contributed by atoms with E-state index in [9.17, 15) is 0 Å². The van der Waals surface area contributed by atoms with Crippen LogP contribution in [-0.4, -0.2) is 9.55 Å². The lowest BCUT2D eigenvalue weighted by molar-refractivity contribution is 0.622. The Morgan fingerprint density at radius 3 is 1.83 bits per heavy atom. The Kier molecular flexibility index (Phi) is 7.78. The molecule has 0 unspecified atom stereocenters. The van der Waals surface area contributed by atoms with Gasteiger partial charge >= 0.3 is 0 Å². The number of rotatable bonds is 7. The lowest BCUT2D eigenvalue weighted by atomic mass is 10.0. The first-order valence-electron chi connectivity index (χ1n) is 20.2. The first-order chi connectivity index (χ1) is 29.7. The summed E-state index contributed by atoms with van der Waals surface area (Å²) in [5.74, 6) is 0.601. The van der Waals surface area contributed by atoms with Crippen LogP contribution >= 0.6 is 0 Å². The van der Waals surface area contributed by atoms with E-state index in [-0.39, 0.29) is 0 Å². The van der Waals surface area contributed by atoms with Crippen LogP contribution in [0.5, 0.6) is 0 Å². The van der Waals surface area contributed by atoms with Gasteiger partial charge in [-0.25, -0.2) is 4.98 Å². The second kappa shape index (κ2) is 13.8. The van der Waals surface area contributed by atoms with Crippen molar-refractivity contribution in [1.82, 2.24) is 9.55 Å². The van der Waals surface area contributed by atoms with Crippen molar-refractivity contribution in [1.29, 1.82) is 0 Å². The minimum atomic E-state index is 0.601. The molecule has 0 aliphatic rings. The van der Waals surface area contributed by atoms with Crippen molar-refractivity contribution in [3.63, 3.8) is 0 Å². The number of hydrogen-bond acceptors (Lipinski definition) is 4. The third-order valence-corrected chi connectivity index (χ3v) is 11.6. The summed E-state index contributed by atoms with van der Waals surface area (Å²) in [5, 5.41) is 4.36. The fourth-order valence-corrected chi connectivity index (χ4v) is 8.79. The largest absolute Gasteiger partial charge is 0.456 e. The molecule has 0 fully saturated rings. The predicted octanol–water partition coefficient (Wildman–Crippen LogP) is 15.3. The average molecular weight is 770 g/mol. The van der Waals surface area contributed by atoms with Gasteiger partial charge < -0.3 is 18.3 Å². The number of nitrogens with zero attached hydrogens (tertiary/aromatic N) is 3. The Morgan fingerprint density at radius 1 is 0.383 bits per heavy atom. The smallest absolute Gasteiger partial charge is 0.227 e. The lowest BCUT2D eigenvalue weighted by Gasteiger charge is -2.26. The number of anilines is 3. The van der Waals surface area contributed by atoms with Crippen molar-refractivity contribution in [2.24, 2.45) is 0 Å². The van der Waals surface area contributed by atoms with Gasteiger partial charge in [0.25, 0.3) is 0 Å². The molecule has 0 saturated heterocycles. The van der Waals surface area contributed by atoms with Gasteiger partial charge in [0.05, 0.1) is 16.4 Å². The standard InChI is InChI=1S/C55H35N3O2/c1-4-13-36(14-5-1)39-17-12-20-43(33-39)57(44-28-31-50-47(35-44)45-21-10-11-22-49(45)58(50)41-18-8-3-9-19-41)42-26-23-37(24-27-42)40-25-29-46-52(34-40)59-51-32-30-48-54(53(46)51)60-55(56-48)38-15-6-2-7-16-38/h1-35H. The highest BCUT2D eigenvalue weighted by Gasteiger charge is 2.20. The molecule has 5 heteroatoms. The molecule has 0 bridgehead atoms. The molecule has 0 amide bonds. The molecule has 0 aliphatic heterocycles. The first-order valence-corrected chi connectivity index (χ1v) is 20.2. The summed E-state index contributed by atoms with van der Waals surface area (Å²) in [5.41, 5.74) is 15.3. The van der Waals surface area contributed by atoms with Crippen molar-refractivity contribution >= 4 is 71.9 Å². The van der Waals surface area contributed by atoms with E-state index in [4.69, 9.17) is 13.8 Å². The molecule has 0 spiro atoms. The molecule has 9 aromatic carbocycles. The number of oxazole rings is 1. The van der Waals surface area contributed by atoms with E-state index in [0.717, 1.165) is 78.0 Å². The Bertz CT molecular complexity index is 3530. The van der Waals surface area contributed by atoms with Crippen LogP contribution in [0.1, 0.15) is 0 Å². The van der Waals surface area contributed by atoms with E-state index in [0.29, 0.717) is 5.89 Å². The van der Waals surface area contributed by atoms with Gasteiger partial charge in [-0.3, -0.25) is 0 Å². The molecular weight excluding hydrogens is 735 g/mol.